The van der Waals surface area contributed by atoms with E-state index in [0.717, 1.165) is 15.0 Å². The largest absolute Gasteiger partial charge is 0.469 e. The molecule has 1 atom stereocenters. The van der Waals surface area contributed by atoms with Gasteiger partial charge in [0.15, 0.2) is 5.96 Å². The molecule has 0 aliphatic heterocycles. The zero-order valence-corrected chi connectivity index (χ0v) is 14.0. The number of aliphatic imine (C=N–C) groups is 1. The average Bonchev–Trinajstić information content (AvgIpc) is 3.01. The molecule has 0 fully saturated rings. The van der Waals surface area contributed by atoms with Crippen LogP contribution in [0.2, 0.25) is 0 Å². The van der Waals surface area contributed by atoms with E-state index < -0.39 is 6.10 Å². The summed E-state index contributed by atoms with van der Waals surface area (Å²) in [5.41, 5.74) is 0. The van der Waals surface area contributed by atoms with Crippen molar-refractivity contribution >= 4 is 33.4 Å². The third kappa shape index (κ3) is 4.94. The van der Waals surface area contributed by atoms with Crippen LogP contribution in [0.5, 0.6) is 0 Å². The number of guanidine groups is 1. The summed E-state index contributed by atoms with van der Waals surface area (Å²) in [5.74, 6) is 0.257. The number of methoxy groups -OCH3 is 1. The molecule has 0 aliphatic carbocycles. The highest BCUT2D eigenvalue weighted by molar-refractivity contribution is 7.19. The van der Waals surface area contributed by atoms with Crippen LogP contribution < -0.4 is 10.6 Å². The Morgan fingerprint density at radius 1 is 1.39 bits per heavy atom. The lowest BCUT2D eigenvalue weighted by atomic mass is 10.2. The fourth-order valence-corrected chi connectivity index (χ4v) is 3.12. The minimum Gasteiger partial charge on any atom is -0.469 e. The van der Waals surface area contributed by atoms with Crippen LogP contribution in [0.1, 0.15) is 17.4 Å². The summed E-state index contributed by atoms with van der Waals surface area (Å²) in [4.78, 5) is 16.0. The van der Waals surface area contributed by atoms with Gasteiger partial charge >= 0.3 is 5.97 Å². The van der Waals surface area contributed by atoms with Gasteiger partial charge in [0.05, 0.1) is 13.5 Å². The summed E-state index contributed by atoms with van der Waals surface area (Å²) in [6.07, 6.45) is -0.359. The van der Waals surface area contributed by atoms with Gasteiger partial charge in [-0.3, -0.25) is 9.79 Å². The number of hydrogen-bond acceptors (Lipinski definition) is 5. The first-order valence-corrected chi connectivity index (χ1v) is 8.13. The number of carbonyl (C=O) groups is 1. The minimum absolute atomic E-state index is 0.260. The summed E-state index contributed by atoms with van der Waals surface area (Å²) in [5, 5.41) is 17.5. The van der Waals surface area contributed by atoms with Gasteiger partial charge in [0.1, 0.15) is 6.10 Å². The van der Waals surface area contributed by atoms with Crippen molar-refractivity contribution in [2.45, 2.75) is 12.5 Å². The van der Waals surface area contributed by atoms with Crippen molar-refractivity contribution in [3.05, 3.63) is 35.2 Å². The van der Waals surface area contributed by atoms with Crippen molar-refractivity contribution in [3.8, 4) is 0 Å². The zero-order chi connectivity index (χ0) is 16.7. The lowest BCUT2D eigenvalue weighted by Gasteiger charge is -2.14. The highest BCUT2D eigenvalue weighted by Crippen LogP contribution is 2.29. The molecular formula is C16H21N3O3S. The molecule has 1 aromatic carbocycles. The van der Waals surface area contributed by atoms with Crippen LogP contribution in [0.3, 0.4) is 0 Å². The van der Waals surface area contributed by atoms with Gasteiger partial charge in [-0.2, -0.15) is 0 Å². The molecule has 0 aliphatic rings. The molecular weight excluding hydrogens is 314 g/mol. The normalized spacial score (nSPS) is 12.9. The first-order valence-electron chi connectivity index (χ1n) is 7.32. The molecule has 23 heavy (non-hydrogen) atoms. The number of hydrogen-bond donors (Lipinski definition) is 3. The van der Waals surface area contributed by atoms with Crippen molar-refractivity contribution in [2.24, 2.45) is 4.99 Å². The van der Waals surface area contributed by atoms with E-state index >= 15 is 0 Å². The molecule has 6 nitrogen and oxygen atoms in total. The van der Waals surface area contributed by atoms with E-state index in [1.807, 2.05) is 30.3 Å². The van der Waals surface area contributed by atoms with Gasteiger partial charge in [0.25, 0.3) is 0 Å². The third-order valence-electron chi connectivity index (χ3n) is 3.31. The molecule has 0 bridgehead atoms. The van der Waals surface area contributed by atoms with E-state index in [0.29, 0.717) is 19.0 Å². The van der Waals surface area contributed by atoms with E-state index in [-0.39, 0.29) is 12.4 Å². The van der Waals surface area contributed by atoms with Gasteiger partial charge in [0.2, 0.25) is 0 Å². The van der Waals surface area contributed by atoms with Crippen molar-refractivity contribution in [3.63, 3.8) is 0 Å². The molecule has 2 aromatic rings. The third-order valence-corrected chi connectivity index (χ3v) is 4.53. The van der Waals surface area contributed by atoms with E-state index in [4.69, 9.17) is 0 Å². The number of carbonyl (C=O) groups excluding carboxylic acids is 1. The van der Waals surface area contributed by atoms with E-state index in [1.165, 1.54) is 7.11 Å². The Kier molecular flexibility index (Phi) is 6.37. The number of benzene rings is 1. The van der Waals surface area contributed by atoms with Gasteiger partial charge in [-0.25, -0.2) is 0 Å². The van der Waals surface area contributed by atoms with Crippen LogP contribution in [0, 0.1) is 0 Å². The molecule has 0 amide bonds. The van der Waals surface area contributed by atoms with Gasteiger partial charge in [-0.15, -0.1) is 11.3 Å². The fourth-order valence-electron chi connectivity index (χ4n) is 2.07. The van der Waals surface area contributed by atoms with Crippen LogP contribution in [0.25, 0.3) is 10.1 Å². The second kappa shape index (κ2) is 8.50. The van der Waals surface area contributed by atoms with Crippen LogP contribution in [0.4, 0.5) is 0 Å². The molecule has 124 valence electrons. The number of fused-ring (bicyclic) bond motifs is 1. The number of nitrogens with zero attached hydrogens (tertiary/aromatic N) is 1. The summed E-state index contributed by atoms with van der Waals surface area (Å²) in [6, 6.07) is 10.0. The molecule has 0 spiro atoms. The Morgan fingerprint density at radius 3 is 2.87 bits per heavy atom. The summed E-state index contributed by atoms with van der Waals surface area (Å²) >= 11 is 1.58. The molecule has 0 saturated carbocycles. The molecule has 7 heteroatoms. The molecule has 1 heterocycles. The number of aliphatic hydroxyl groups is 1. The quantitative estimate of drug-likeness (QED) is 0.425. The van der Waals surface area contributed by atoms with Crippen LogP contribution in [-0.2, 0) is 9.53 Å². The zero-order valence-electron chi connectivity index (χ0n) is 13.2. The predicted octanol–water partition coefficient (Wildman–Crippen LogP) is 1.66. The lowest BCUT2D eigenvalue weighted by Crippen LogP contribution is -2.40. The number of nitrogens with one attached hydrogen (secondary N) is 2. The Morgan fingerprint density at radius 2 is 2.17 bits per heavy atom. The number of esters is 1. The van der Waals surface area contributed by atoms with Crippen molar-refractivity contribution in [1.82, 2.24) is 10.6 Å². The van der Waals surface area contributed by atoms with E-state index in [9.17, 15) is 9.90 Å². The maximum atomic E-state index is 11.1. The Balaban J connectivity index is 1.84. The molecule has 1 aromatic heterocycles. The van der Waals surface area contributed by atoms with E-state index in [2.05, 4.69) is 20.4 Å². The smallest absolute Gasteiger partial charge is 0.307 e. The van der Waals surface area contributed by atoms with Crippen LogP contribution in [0.15, 0.2) is 35.3 Å². The van der Waals surface area contributed by atoms with Crippen LogP contribution >= 0.6 is 11.3 Å². The first-order chi connectivity index (χ1) is 11.1. The predicted molar refractivity (Wildman–Crippen MR) is 92.8 cm³/mol. The minimum atomic E-state index is -0.619. The number of aliphatic hydroxyl groups excluding tert-OH is 1. The number of rotatable bonds is 6. The second-order valence-corrected chi connectivity index (χ2v) is 6.02. The van der Waals surface area contributed by atoms with Gasteiger partial charge < -0.3 is 20.5 Å². The van der Waals surface area contributed by atoms with Gasteiger partial charge in [-0.1, -0.05) is 18.2 Å². The molecule has 1 unspecified atom stereocenters. The highest BCUT2D eigenvalue weighted by atomic mass is 32.1. The lowest BCUT2D eigenvalue weighted by molar-refractivity contribution is -0.140. The van der Waals surface area contributed by atoms with Gasteiger partial charge in [-0.05, 0) is 17.5 Å². The Bertz CT molecular complexity index is 651. The van der Waals surface area contributed by atoms with Gasteiger partial charge in [0, 0.05) is 29.7 Å². The summed E-state index contributed by atoms with van der Waals surface area (Å²) < 4.78 is 5.73. The Labute approximate surface area is 139 Å². The molecule has 0 radical (unpaired) electrons. The molecule has 3 N–H and O–H groups in total. The number of thiophene rings is 1. The topological polar surface area (TPSA) is 83.0 Å². The van der Waals surface area contributed by atoms with Crippen molar-refractivity contribution < 1.29 is 14.6 Å². The highest BCUT2D eigenvalue weighted by Gasteiger charge is 2.12. The SMILES string of the molecule is CN=C(NCCC(=O)OC)NCC(O)c1cc2ccccc2s1. The molecule has 2 rings (SSSR count). The van der Waals surface area contributed by atoms with Crippen molar-refractivity contribution in [1.29, 1.82) is 0 Å². The molecule has 0 saturated heterocycles. The Hall–Kier alpha value is -2.12. The summed E-state index contributed by atoms with van der Waals surface area (Å²) in [7, 11) is 3.00. The average molecular weight is 335 g/mol. The monoisotopic (exact) mass is 335 g/mol. The summed E-state index contributed by atoms with van der Waals surface area (Å²) in [6.45, 7) is 0.760. The maximum absolute atomic E-state index is 11.1. The maximum Gasteiger partial charge on any atom is 0.307 e. The van der Waals surface area contributed by atoms with Crippen molar-refractivity contribution in [2.75, 3.05) is 27.2 Å². The van der Waals surface area contributed by atoms with Crippen LogP contribution in [-0.4, -0.2) is 44.3 Å². The first kappa shape index (κ1) is 17.2. The van der Waals surface area contributed by atoms with E-state index in [1.54, 1.807) is 18.4 Å². The second-order valence-electron chi connectivity index (χ2n) is 4.91. The fraction of sp³-hybridized carbons (Fsp3) is 0.375. The number of ether oxygens (including phenoxy) is 1. The standard InChI is InChI=1S/C16H21N3O3S/c1-17-16(18-8-7-15(21)22-2)19-10-12(20)14-9-11-5-3-4-6-13(11)23-14/h3-6,9,12,20H,7-8,10H2,1-2H3,(H2,17,18,19).